The monoisotopic (exact) mass is 467 g/mol. The SMILES string of the molecule is O=C(CCNc1ccnc(NCC2CCCCC2)n1)Nc1ccccc1.O=C(O)C(F)(F)F. The number of para-hydroxylation sites is 1. The Kier molecular flexibility index (Phi) is 10.4. The van der Waals surface area contributed by atoms with Gasteiger partial charge in [-0.05, 0) is 37.0 Å². The highest BCUT2D eigenvalue weighted by atomic mass is 19.4. The molecule has 0 spiro atoms. The molecular weight excluding hydrogens is 439 g/mol. The minimum absolute atomic E-state index is 0.0200. The fourth-order valence-corrected chi connectivity index (χ4v) is 3.22. The van der Waals surface area contributed by atoms with E-state index in [2.05, 4.69) is 25.9 Å². The number of carbonyl (C=O) groups excluding carboxylic acids is 1. The average Bonchev–Trinajstić information content (AvgIpc) is 2.79. The van der Waals surface area contributed by atoms with Gasteiger partial charge in [-0.25, -0.2) is 9.78 Å². The second-order valence-corrected chi connectivity index (χ2v) is 7.54. The molecule has 1 aromatic carbocycles. The number of anilines is 3. The molecule has 8 nitrogen and oxygen atoms in total. The molecule has 0 aliphatic heterocycles. The second kappa shape index (κ2) is 13.2. The third kappa shape index (κ3) is 10.7. The molecule has 1 amide bonds. The lowest BCUT2D eigenvalue weighted by Crippen LogP contribution is -2.21. The summed E-state index contributed by atoms with van der Waals surface area (Å²) in [6.45, 7) is 1.46. The molecule has 0 atom stereocenters. The first kappa shape index (κ1) is 25.9. The maximum atomic E-state index is 12.0. The number of carbonyl (C=O) groups is 2. The normalized spacial score (nSPS) is 13.9. The van der Waals surface area contributed by atoms with Gasteiger partial charge in [0.25, 0.3) is 0 Å². The Morgan fingerprint density at radius 1 is 1.03 bits per heavy atom. The van der Waals surface area contributed by atoms with E-state index in [1.54, 1.807) is 6.20 Å². The quantitative estimate of drug-likeness (QED) is 0.450. The number of aromatic nitrogens is 2. The number of benzene rings is 1. The fraction of sp³-hybridized carbons (Fsp3) is 0.455. The molecule has 0 radical (unpaired) electrons. The molecule has 0 saturated heterocycles. The Balaban J connectivity index is 0.000000479. The van der Waals surface area contributed by atoms with Gasteiger partial charge in [0.2, 0.25) is 11.9 Å². The van der Waals surface area contributed by atoms with E-state index in [0.717, 1.165) is 24.0 Å². The van der Waals surface area contributed by atoms with Crippen molar-refractivity contribution in [3.8, 4) is 0 Å². The van der Waals surface area contributed by atoms with E-state index in [0.29, 0.717) is 18.9 Å². The number of alkyl halides is 3. The largest absolute Gasteiger partial charge is 0.490 e. The van der Waals surface area contributed by atoms with Crippen molar-refractivity contribution in [3.05, 3.63) is 42.6 Å². The number of rotatable bonds is 8. The highest BCUT2D eigenvalue weighted by Gasteiger charge is 2.38. The summed E-state index contributed by atoms with van der Waals surface area (Å²) in [6, 6.07) is 11.3. The van der Waals surface area contributed by atoms with Gasteiger partial charge in [-0.3, -0.25) is 4.79 Å². The van der Waals surface area contributed by atoms with E-state index in [1.165, 1.54) is 32.1 Å². The zero-order valence-corrected chi connectivity index (χ0v) is 18.1. The lowest BCUT2D eigenvalue weighted by molar-refractivity contribution is -0.192. The van der Waals surface area contributed by atoms with E-state index in [-0.39, 0.29) is 5.91 Å². The summed E-state index contributed by atoms with van der Waals surface area (Å²) < 4.78 is 31.7. The van der Waals surface area contributed by atoms with E-state index in [4.69, 9.17) is 9.90 Å². The number of carboxylic acid groups (broad SMARTS) is 1. The molecule has 1 aliphatic carbocycles. The fourth-order valence-electron chi connectivity index (χ4n) is 3.22. The number of halogens is 3. The van der Waals surface area contributed by atoms with Gasteiger partial charge in [-0.1, -0.05) is 37.5 Å². The summed E-state index contributed by atoms with van der Waals surface area (Å²) >= 11 is 0. The minimum atomic E-state index is -5.08. The Hall–Kier alpha value is -3.37. The van der Waals surface area contributed by atoms with Gasteiger partial charge in [0.15, 0.2) is 0 Å². The van der Waals surface area contributed by atoms with Gasteiger partial charge in [0, 0.05) is 31.4 Å². The molecule has 2 aromatic rings. The molecule has 3 rings (SSSR count). The Labute approximate surface area is 190 Å². The Bertz CT molecular complexity index is 875. The van der Waals surface area contributed by atoms with Crippen molar-refractivity contribution in [2.75, 3.05) is 29.0 Å². The van der Waals surface area contributed by atoms with Crippen LogP contribution in [-0.2, 0) is 9.59 Å². The van der Waals surface area contributed by atoms with Crippen LogP contribution < -0.4 is 16.0 Å². The van der Waals surface area contributed by atoms with Gasteiger partial charge in [0.1, 0.15) is 5.82 Å². The Morgan fingerprint density at radius 3 is 2.33 bits per heavy atom. The van der Waals surface area contributed by atoms with Crippen LogP contribution in [0.4, 0.5) is 30.6 Å². The maximum absolute atomic E-state index is 12.0. The summed E-state index contributed by atoms with van der Waals surface area (Å²) in [5.74, 6) is -0.667. The van der Waals surface area contributed by atoms with Gasteiger partial charge >= 0.3 is 12.1 Å². The maximum Gasteiger partial charge on any atom is 0.490 e. The highest BCUT2D eigenvalue weighted by molar-refractivity contribution is 5.90. The summed E-state index contributed by atoms with van der Waals surface area (Å²) in [5.41, 5.74) is 0.814. The molecule has 1 fully saturated rings. The standard InChI is InChI=1S/C20H27N5O.C2HF3O2/c26-19(24-17-9-5-2-6-10-17)12-14-21-18-11-13-22-20(25-18)23-15-16-7-3-1-4-8-16;3-2(4,5)1(6)7/h2,5-6,9-11,13,16H,1,3-4,7-8,12,14-15H2,(H,24,26)(H2,21,22,23,25);(H,6,7). The smallest absolute Gasteiger partial charge is 0.475 e. The third-order valence-electron chi connectivity index (χ3n) is 4.89. The second-order valence-electron chi connectivity index (χ2n) is 7.54. The van der Waals surface area contributed by atoms with Crippen molar-refractivity contribution in [1.82, 2.24) is 9.97 Å². The molecule has 11 heteroatoms. The predicted molar refractivity (Wildman–Crippen MR) is 119 cm³/mol. The Morgan fingerprint density at radius 2 is 1.70 bits per heavy atom. The van der Waals surface area contributed by atoms with Crippen molar-refractivity contribution >= 4 is 29.3 Å². The molecule has 0 bridgehead atoms. The van der Waals surface area contributed by atoms with Crippen LogP contribution in [0.5, 0.6) is 0 Å². The summed E-state index contributed by atoms with van der Waals surface area (Å²) in [5, 5.41) is 16.5. The molecule has 1 aromatic heterocycles. The number of nitrogens with one attached hydrogen (secondary N) is 3. The highest BCUT2D eigenvalue weighted by Crippen LogP contribution is 2.23. The first-order chi connectivity index (χ1) is 15.7. The van der Waals surface area contributed by atoms with Crippen LogP contribution in [0.25, 0.3) is 0 Å². The van der Waals surface area contributed by atoms with Crippen LogP contribution in [-0.4, -0.2) is 46.2 Å². The van der Waals surface area contributed by atoms with Gasteiger partial charge in [-0.2, -0.15) is 18.2 Å². The van der Waals surface area contributed by atoms with E-state index in [9.17, 15) is 18.0 Å². The number of amides is 1. The van der Waals surface area contributed by atoms with Crippen LogP contribution in [0.1, 0.15) is 38.5 Å². The zero-order chi connectivity index (χ0) is 24.1. The van der Waals surface area contributed by atoms with Crippen LogP contribution in [0.2, 0.25) is 0 Å². The van der Waals surface area contributed by atoms with Crippen LogP contribution >= 0.6 is 0 Å². The molecule has 4 N–H and O–H groups in total. The molecule has 0 unspecified atom stereocenters. The number of aliphatic carboxylic acids is 1. The molecule has 180 valence electrons. The van der Waals surface area contributed by atoms with Gasteiger partial charge < -0.3 is 21.1 Å². The number of carboxylic acids is 1. The van der Waals surface area contributed by atoms with Crippen molar-refractivity contribution in [3.63, 3.8) is 0 Å². The van der Waals surface area contributed by atoms with Crippen LogP contribution in [0, 0.1) is 5.92 Å². The van der Waals surface area contributed by atoms with Crippen LogP contribution in [0.15, 0.2) is 42.6 Å². The van der Waals surface area contributed by atoms with Gasteiger partial charge in [-0.15, -0.1) is 0 Å². The van der Waals surface area contributed by atoms with Crippen molar-refractivity contribution < 1.29 is 27.9 Å². The van der Waals surface area contributed by atoms with Crippen molar-refractivity contribution in [2.45, 2.75) is 44.7 Å². The van der Waals surface area contributed by atoms with Crippen molar-refractivity contribution in [2.24, 2.45) is 5.92 Å². The number of hydrogen-bond donors (Lipinski definition) is 4. The zero-order valence-electron chi connectivity index (χ0n) is 18.1. The lowest BCUT2D eigenvalue weighted by Gasteiger charge is -2.21. The number of nitrogens with zero attached hydrogens (tertiary/aromatic N) is 2. The van der Waals surface area contributed by atoms with E-state index >= 15 is 0 Å². The minimum Gasteiger partial charge on any atom is -0.475 e. The summed E-state index contributed by atoms with van der Waals surface area (Å²) in [4.78, 5) is 29.6. The van der Waals surface area contributed by atoms with E-state index < -0.39 is 12.1 Å². The first-order valence-electron chi connectivity index (χ1n) is 10.7. The molecule has 1 saturated carbocycles. The number of hydrogen-bond acceptors (Lipinski definition) is 6. The van der Waals surface area contributed by atoms with Crippen LogP contribution in [0.3, 0.4) is 0 Å². The lowest BCUT2D eigenvalue weighted by atomic mass is 9.89. The topological polar surface area (TPSA) is 116 Å². The first-order valence-corrected chi connectivity index (χ1v) is 10.7. The predicted octanol–water partition coefficient (Wildman–Crippen LogP) is 4.54. The molecular formula is C22H28F3N5O3. The van der Waals surface area contributed by atoms with Gasteiger partial charge in [0.05, 0.1) is 0 Å². The summed E-state index contributed by atoms with van der Waals surface area (Å²) in [7, 11) is 0. The molecule has 33 heavy (non-hydrogen) atoms. The average molecular weight is 467 g/mol. The van der Waals surface area contributed by atoms with E-state index in [1.807, 2.05) is 36.4 Å². The van der Waals surface area contributed by atoms with Crippen molar-refractivity contribution in [1.29, 1.82) is 0 Å². The molecule has 1 heterocycles. The third-order valence-corrected chi connectivity index (χ3v) is 4.89. The molecule has 1 aliphatic rings. The summed E-state index contributed by atoms with van der Waals surface area (Å²) in [6.07, 6.45) is 3.65.